The highest BCUT2D eigenvalue weighted by Crippen LogP contribution is 2.24. The molecule has 0 spiro atoms. The summed E-state index contributed by atoms with van der Waals surface area (Å²) >= 11 is 5.97. The summed E-state index contributed by atoms with van der Waals surface area (Å²) in [5, 5.41) is 5.10. The summed E-state index contributed by atoms with van der Waals surface area (Å²) < 4.78 is 5.36. The van der Waals surface area contributed by atoms with Crippen LogP contribution in [0.2, 0.25) is 5.02 Å². The average Bonchev–Trinajstić information content (AvgIpc) is 2.52. The molecule has 1 heterocycles. The number of hydrogen-bond acceptors (Lipinski definition) is 3. The third kappa shape index (κ3) is 3.09. The third-order valence-electron chi connectivity index (χ3n) is 3.26. The first kappa shape index (κ1) is 13.7. The van der Waals surface area contributed by atoms with E-state index in [2.05, 4.69) is 16.4 Å². The Bertz CT molecular complexity index is 774. The Morgan fingerprint density at radius 1 is 1.10 bits per heavy atom. The molecular formula is C17H15ClN2O. The summed E-state index contributed by atoms with van der Waals surface area (Å²) in [4.78, 5) is 4.66. The number of fused-ring (bicyclic) bond motifs is 1. The van der Waals surface area contributed by atoms with E-state index < -0.39 is 0 Å². The van der Waals surface area contributed by atoms with Crippen LogP contribution >= 0.6 is 11.6 Å². The van der Waals surface area contributed by atoms with E-state index in [0.717, 1.165) is 28.0 Å². The fourth-order valence-electron chi connectivity index (χ4n) is 2.21. The maximum absolute atomic E-state index is 5.97. The first-order valence-corrected chi connectivity index (χ1v) is 7.06. The summed E-state index contributed by atoms with van der Waals surface area (Å²) in [7, 11) is 1.66. The van der Waals surface area contributed by atoms with Crippen LogP contribution in [0, 0.1) is 0 Å². The predicted molar refractivity (Wildman–Crippen MR) is 87.1 cm³/mol. The molecule has 0 saturated heterocycles. The molecule has 3 aromatic rings. The van der Waals surface area contributed by atoms with Gasteiger partial charge in [0.2, 0.25) is 0 Å². The second kappa shape index (κ2) is 6.02. The monoisotopic (exact) mass is 298 g/mol. The highest BCUT2D eigenvalue weighted by molar-refractivity contribution is 6.30. The Morgan fingerprint density at radius 3 is 2.76 bits per heavy atom. The molecule has 0 amide bonds. The molecule has 0 unspecified atom stereocenters. The van der Waals surface area contributed by atoms with Gasteiger partial charge in [0.05, 0.1) is 19.3 Å². The van der Waals surface area contributed by atoms with E-state index >= 15 is 0 Å². The standard InChI is InChI=1S/C17H15ClN2O/c1-21-16-7-2-4-12-8-9-15(20-17(12)16)11-19-14-6-3-5-13(18)10-14/h2-10,19H,11H2,1H3. The first-order chi connectivity index (χ1) is 10.3. The number of pyridine rings is 1. The van der Waals surface area contributed by atoms with Crippen molar-refractivity contribution in [1.29, 1.82) is 0 Å². The summed E-state index contributed by atoms with van der Waals surface area (Å²) in [6.07, 6.45) is 0. The van der Waals surface area contributed by atoms with Gasteiger partial charge in [0.25, 0.3) is 0 Å². The first-order valence-electron chi connectivity index (χ1n) is 6.68. The minimum absolute atomic E-state index is 0.633. The van der Waals surface area contributed by atoms with Crippen molar-refractivity contribution in [2.75, 3.05) is 12.4 Å². The maximum atomic E-state index is 5.97. The summed E-state index contributed by atoms with van der Waals surface area (Å²) in [5.41, 5.74) is 2.81. The second-order valence-electron chi connectivity index (χ2n) is 4.70. The molecule has 3 nitrogen and oxygen atoms in total. The zero-order chi connectivity index (χ0) is 14.7. The van der Waals surface area contributed by atoms with Crippen molar-refractivity contribution in [3.8, 4) is 5.75 Å². The molecule has 0 radical (unpaired) electrons. The number of hydrogen-bond donors (Lipinski definition) is 1. The van der Waals surface area contributed by atoms with E-state index in [4.69, 9.17) is 16.3 Å². The largest absolute Gasteiger partial charge is 0.494 e. The minimum Gasteiger partial charge on any atom is -0.494 e. The smallest absolute Gasteiger partial charge is 0.145 e. The van der Waals surface area contributed by atoms with Crippen molar-refractivity contribution < 1.29 is 4.74 Å². The molecule has 0 saturated carbocycles. The van der Waals surface area contributed by atoms with E-state index in [1.54, 1.807) is 7.11 Å². The molecular weight excluding hydrogens is 284 g/mol. The van der Waals surface area contributed by atoms with Crippen LogP contribution in [-0.2, 0) is 6.54 Å². The van der Waals surface area contributed by atoms with Gasteiger partial charge >= 0.3 is 0 Å². The molecule has 0 bridgehead atoms. The number of nitrogens with one attached hydrogen (secondary N) is 1. The molecule has 4 heteroatoms. The number of rotatable bonds is 4. The van der Waals surface area contributed by atoms with Gasteiger partial charge in [-0.2, -0.15) is 0 Å². The van der Waals surface area contributed by atoms with E-state index in [0.29, 0.717) is 11.6 Å². The molecule has 3 rings (SSSR count). The van der Waals surface area contributed by atoms with E-state index in [1.165, 1.54) is 0 Å². The van der Waals surface area contributed by atoms with Gasteiger partial charge in [-0.15, -0.1) is 0 Å². The van der Waals surface area contributed by atoms with Crippen molar-refractivity contribution >= 4 is 28.2 Å². The Morgan fingerprint density at radius 2 is 1.95 bits per heavy atom. The van der Waals surface area contributed by atoms with Crippen LogP contribution in [0.25, 0.3) is 10.9 Å². The highest BCUT2D eigenvalue weighted by Gasteiger charge is 2.04. The Balaban J connectivity index is 1.84. The summed E-state index contributed by atoms with van der Waals surface area (Å²) in [6.45, 7) is 0.633. The molecule has 0 fully saturated rings. The zero-order valence-electron chi connectivity index (χ0n) is 11.6. The van der Waals surface area contributed by atoms with Gasteiger partial charge in [-0.05, 0) is 30.3 Å². The number of methoxy groups -OCH3 is 1. The lowest BCUT2D eigenvalue weighted by molar-refractivity contribution is 0.419. The van der Waals surface area contributed by atoms with Crippen molar-refractivity contribution in [3.05, 3.63) is 65.3 Å². The summed E-state index contributed by atoms with van der Waals surface area (Å²) in [5.74, 6) is 0.789. The lowest BCUT2D eigenvalue weighted by Gasteiger charge is -2.09. The second-order valence-corrected chi connectivity index (χ2v) is 5.13. The average molecular weight is 299 g/mol. The maximum Gasteiger partial charge on any atom is 0.145 e. The number of aromatic nitrogens is 1. The zero-order valence-corrected chi connectivity index (χ0v) is 12.4. The molecule has 0 aliphatic heterocycles. The van der Waals surface area contributed by atoms with Gasteiger partial charge < -0.3 is 10.1 Å². The Kier molecular flexibility index (Phi) is 3.93. The number of anilines is 1. The van der Waals surface area contributed by atoms with Crippen molar-refractivity contribution in [2.24, 2.45) is 0 Å². The third-order valence-corrected chi connectivity index (χ3v) is 3.49. The molecule has 0 aliphatic carbocycles. The molecule has 106 valence electrons. The topological polar surface area (TPSA) is 34.1 Å². The van der Waals surface area contributed by atoms with Crippen molar-refractivity contribution in [3.63, 3.8) is 0 Å². The number of ether oxygens (including phenoxy) is 1. The molecule has 0 atom stereocenters. The van der Waals surface area contributed by atoms with Crippen LogP contribution in [0.5, 0.6) is 5.75 Å². The lowest BCUT2D eigenvalue weighted by Crippen LogP contribution is -2.02. The molecule has 1 aromatic heterocycles. The van der Waals surface area contributed by atoms with Crippen molar-refractivity contribution in [2.45, 2.75) is 6.54 Å². The van der Waals surface area contributed by atoms with Gasteiger partial charge in [0, 0.05) is 16.1 Å². The van der Waals surface area contributed by atoms with Crippen LogP contribution in [0.4, 0.5) is 5.69 Å². The van der Waals surface area contributed by atoms with Crippen LogP contribution < -0.4 is 10.1 Å². The summed E-state index contributed by atoms with van der Waals surface area (Å²) in [6, 6.07) is 17.6. The number of halogens is 1. The predicted octanol–water partition coefficient (Wildman–Crippen LogP) is 4.51. The number of benzene rings is 2. The van der Waals surface area contributed by atoms with Crippen LogP contribution in [0.15, 0.2) is 54.6 Å². The van der Waals surface area contributed by atoms with Gasteiger partial charge in [0.15, 0.2) is 0 Å². The minimum atomic E-state index is 0.633. The van der Waals surface area contributed by atoms with Gasteiger partial charge in [-0.1, -0.05) is 35.9 Å². The van der Waals surface area contributed by atoms with Crippen molar-refractivity contribution in [1.82, 2.24) is 4.98 Å². The van der Waals surface area contributed by atoms with Crippen LogP contribution in [-0.4, -0.2) is 12.1 Å². The van der Waals surface area contributed by atoms with E-state index in [9.17, 15) is 0 Å². The van der Waals surface area contributed by atoms with E-state index in [-0.39, 0.29) is 0 Å². The highest BCUT2D eigenvalue weighted by atomic mass is 35.5. The van der Waals surface area contributed by atoms with Crippen LogP contribution in [0.1, 0.15) is 5.69 Å². The van der Waals surface area contributed by atoms with E-state index in [1.807, 2.05) is 48.5 Å². The lowest BCUT2D eigenvalue weighted by atomic mass is 10.2. The van der Waals surface area contributed by atoms with Gasteiger partial charge in [-0.25, -0.2) is 4.98 Å². The molecule has 0 aliphatic rings. The fraction of sp³-hybridized carbons (Fsp3) is 0.118. The fourth-order valence-corrected chi connectivity index (χ4v) is 2.40. The number of nitrogens with zero attached hydrogens (tertiary/aromatic N) is 1. The Labute approximate surface area is 128 Å². The molecule has 2 aromatic carbocycles. The molecule has 21 heavy (non-hydrogen) atoms. The Hall–Kier alpha value is -2.26. The number of para-hydroxylation sites is 1. The normalized spacial score (nSPS) is 10.6. The van der Waals surface area contributed by atoms with Crippen LogP contribution in [0.3, 0.4) is 0 Å². The molecule has 1 N–H and O–H groups in total. The van der Waals surface area contributed by atoms with Gasteiger partial charge in [0.1, 0.15) is 11.3 Å². The SMILES string of the molecule is COc1cccc2ccc(CNc3cccc(Cl)c3)nc12. The van der Waals surface area contributed by atoms with Gasteiger partial charge in [-0.3, -0.25) is 0 Å². The quantitative estimate of drug-likeness (QED) is 0.769.